The lowest BCUT2D eigenvalue weighted by molar-refractivity contribution is 0.0955. The number of fused-ring (bicyclic) bond motifs is 1. The van der Waals surface area contributed by atoms with Crippen LogP contribution in [0.25, 0.3) is 10.4 Å². The average Bonchev–Trinajstić information content (AvgIpc) is 3.43. The molecule has 4 aromatic rings. The van der Waals surface area contributed by atoms with Crippen LogP contribution in [0.3, 0.4) is 0 Å². The molecule has 37 heavy (non-hydrogen) atoms. The molecular weight excluding hydrogens is 491 g/mol. The predicted molar refractivity (Wildman–Crippen MR) is 142 cm³/mol. The number of amides is 1. The number of pyridine rings is 1. The van der Waals surface area contributed by atoms with Crippen molar-refractivity contribution in [3.63, 3.8) is 0 Å². The highest BCUT2D eigenvalue weighted by Gasteiger charge is 2.22. The molecule has 0 radical (unpaired) electrons. The summed E-state index contributed by atoms with van der Waals surface area (Å²) >= 11 is 1.44. The van der Waals surface area contributed by atoms with Crippen LogP contribution in [-0.2, 0) is 19.6 Å². The van der Waals surface area contributed by atoms with Gasteiger partial charge in [-0.3, -0.25) is 9.69 Å². The van der Waals surface area contributed by atoms with Crippen molar-refractivity contribution in [2.75, 3.05) is 26.2 Å². The molecule has 9 heteroatoms. The molecule has 0 saturated carbocycles. The number of rotatable bonds is 8. The van der Waals surface area contributed by atoms with E-state index in [0.29, 0.717) is 11.5 Å². The molecule has 1 aliphatic rings. The molecule has 0 atom stereocenters. The van der Waals surface area contributed by atoms with Crippen LogP contribution in [0, 0.1) is 5.82 Å². The molecule has 0 saturated heterocycles. The summed E-state index contributed by atoms with van der Waals surface area (Å²) < 4.78 is 23.9. The van der Waals surface area contributed by atoms with E-state index in [1.165, 1.54) is 30.1 Å². The Morgan fingerprint density at radius 3 is 2.68 bits per heavy atom. The predicted octanol–water partition coefficient (Wildman–Crippen LogP) is 5.28. The van der Waals surface area contributed by atoms with Crippen molar-refractivity contribution in [3.8, 4) is 21.9 Å². The summed E-state index contributed by atoms with van der Waals surface area (Å²) in [6.45, 7) is 2.50. The zero-order valence-corrected chi connectivity index (χ0v) is 21.4. The zero-order valence-electron chi connectivity index (χ0n) is 20.6. The van der Waals surface area contributed by atoms with Crippen molar-refractivity contribution in [3.05, 3.63) is 94.2 Å². The minimum absolute atomic E-state index is 0.155. The SMILES string of the molecule is COc1ccc(CN2CNc3nccc(-c4ccc(C(=O)NCc5ccc(F)c(OC)c5)s4)c3C2)cc1. The van der Waals surface area contributed by atoms with Crippen molar-refractivity contribution in [2.24, 2.45) is 0 Å². The normalized spacial score (nSPS) is 12.9. The summed E-state index contributed by atoms with van der Waals surface area (Å²) in [7, 11) is 3.08. The monoisotopic (exact) mass is 518 g/mol. The summed E-state index contributed by atoms with van der Waals surface area (Å²) in [5.41, 5.74) is 4.12. The van der Waals surface area contributed by atoms with Gasteiger partial charge in [0.1, 0.15) is 11.6 Å². The van der Waals surface area contributed by atoms with E-state index in [2.05, 4.69) is 32.7 Å². The van der Waals surface area contributed by atoms with Crippen molar-refractivity contribution < 1.29 is 18.7 Å². The van der Waals surface area contributed by atoms with Crippen LogP contribution >= 0.6 is 11.3 Å². The highest BCUT2D eigenvalue weighted by Crippen LogP contribution is 2.35. The van der Waals surface area contributed by atoms with Crippen LogP contribution in [-0.4, -0.2) is 36.7 Å². The van der Waals surface area contributed by atoms with Gasteiger partial charge in [-0.15, -0.1) is 11.3 Å². The van der Waals surface area contributed by atoms with Crippen molar-refractivity contribution in [1.82, 2.24) is 15.2 Å². The molecule has 2 aromatic heterocycles. The van der Waals surface area contributed by atoms with Crippen molar-refractivity contribution in [1.29, 1.82) is 0 Å². The zero-order chi connectivity index (χ0) is 25.8. The van der Waals surface area contributed by atoms with Crippen LogP contribution < -0.4 is 20.1 Å². The number of anilines is 1. The van der Waals surface area contributed by atoms with Gasteiger partial charge < -0.3 is 20.1 Å². The lowest BCUT2D eigenvalue weighted by Gasteiger charge is -2.30. The Morgan fingerprint density at radius 1 is 1.08 bits per heavy atom. The maximum absolute atomic E-state index is 13.7. The molecule has 0 fully saturated rings. The van der Waals surface area contributed by atoms with E-state index in [4.69, 9.17) is 9.47 Å². The molecule has 0 unspecified atom stereocenters. The van der Waals surface area contributed by atoms with Crippen LogP contribution in [0.1, 0.15) is 26.4 Å². The number of aromatic nitrogens is 1. The van der Waals surface area contributed by atoms with E-state index < -0.39 is 5.82 Å². The fourth-order valence-electron chi connectivity index (χ4n) is 4.29. The van der Waals surface area contributed by atoms with Gasteiger partial charge in [0.15, 0.2) is 11.6 Å². The average molecular weight is 519 g/mol. The number of nitrogens with one attached hydrogen (secondary N) is 2. The summed E-state index contributed by atoms with van der Waals surface area (Å²) in [5, 5.41) is 6.33. The molecule has 7 nitrogen and oxygen atoms in total. The smallest absolute Gasteiger partial charge is 0.261 e. The number of halogens is 1. The van der Waals surface area contributed by atoms with Gasteiger partial charge in [0, 0.05) is 41.8 Å². The number of thiophene rings is 1. The molecule has 0 bridgehead atoms. The quantitative estimate of drug-likeness (QED) is 0.331. The minimum atomic E-state index is -0.432. The number of hydrogen-bond donors (Lipinski definition) is 2. The second-order valence-electron chi connectivity index (χ2n) is 8.67. The van der Waals surface area contributed by atoms with Gasteiger partial charge >= 0.3 is 0 Å². The van der Waals surface area contributed by atoms with Crippen LogP contribution in [0.4, 0.5) is 10.2 Å². The summed E-state index contributed by atoms with van der Waals surface area (Å²) in [4.78, 5) is 21.3. The molecule has 2 N–H and O–H groups in total. The molecule has 0 aliphatic carbocycles. The molecule has 1 aliphatic heterocycles. The van der Waals surface area contributed by atoms with Gasteiger partial charge in [-0.2, -0.15) is 0 Å². The van der Waals surface area contributed by atoms with Crippen LogP contribution in [0.5, 0.6) is 11.5 Å². The molecule has 5 rings (SSSR count). The third-order valence-corrected chi connectivity index (χ3v) is 7.35. The fourth-order valence-corrected chi connectivity index (χ4v) is 5.27. The molecule has 0 spiro atoms. The number of benzene rings is 2. The molecule has 3 heterocycles. The number of carbonyl (C=O) groups excluding carboxylic acids is 1. The van der Waals surface area contributed by atoms with Gasteiger partial charge in [0.25, 0.3) is 5.91 Å². The Morgan fingerprint density at radius 2 is 1.89 bits per heavy atom. The van der Waals surface area contributed by atoms with E-state index in [1.807, 2.05) is 30.3 Å². The Labute approximate surface area is 218 Å². The van der Waals surface area contributed by atoms with Gasteiger partial charge in [-0.25, -0.2) is 9.37 Å². The van der Waals surface area contributed by atoms with Crippen LogP contribution in [0.2, 0.25) is 0 Å². The largest absolute Gasteiger partial charge is 0.497 e. The Balaban J connectivity index is 1.28. The van der Waals surface area contributed by atoms with Crippen LogP contribution in [0.15, 0.2) is 66.9 Å². The van der Waals surface area contributed by atoms with E-state index in [-0.39, 0.29) is 18.2 Å². The van der Waals surface area contributed by atoms with E-state index in [0.717, 1.165) is 46.2 Å². The molecule has 190 valence electrons. The summed E-state index contributed by atoms with van der Waals surface area (Å²) in [6, 6.07) is 18.4. The van der Waals surface area contributed by atoms with Gasteiger partial charge in [0.2, 0.25) is 0 Å². The lowest BCUT2D eigenvalue weighted by Crippen LogP contribution is -2.33. The third kappa shape index (κ3) is 5.58. The van der Waals surface area contributed by atoms with Crippen molar-refractivity contribution in [2.45, 2.75) is 19.6 Å². The second-order valence-corrected chi connectivity index (χ2v) is 9.75. The Kier molecular flexibility index (Phi) is 7.34. The summed E-state index contributed by atoms with van der Waals surface area (Å²) in [5.74, 6) is 1.25. The number of ether oxygens (including phenoxy) is 2. The van der Waals surface area contributed by atoms with Gasteiger partial charge in [-0.1, -0.05) is 18.2 Å². The molecule has 1 amide bonds. The number of methoxy groups -OCH3 is 2. The van der Waals surface area contributed by atoms with E-state index >= 15 is 0 Å². The molecule has 2 aromatic carbocycles. The minimum Gasteiger partial charge on any atom is -0.497 e. The summed E-state index contributed by atoms with van der Waals surface area (Å²) in [6.07, 6.45) is 1.79. The topological polar surface area (TPSA) is 75.7 Å². The Hall–Kier alpha value is -3.95. The maximum Gasteiger partial charge on any atom is 0.261 e. The number of hydrogen-bond acceptors (Lipinski definition) is 7. The van der Waals surface area contributed by atoms with E-state index in [1.54, 1.807) is 25.4 Å². The first-order valence-electron chi connectivity index (χ1n) is 11.8. The van der Waals surface area contributed by atoms with E-state index in [9.17, 15) is 9.18 Å². The maximum atomic E-state index is 13.7. The first kappa shape index (κ1) is 24.7. The highest BCUT2D eigenvalue weighted by molar-refractivity contribution is 7.17. The number of carbonyl (C=O) groups is 1. The third-order valence-electron chi connectivity index (χ3n) is 6.24. The highest BCUT2D eigenvalue weighted by atomic mass is 32.1. The number of nitrogens with zero attached hydrogens (tertiary/aromatic N) is 2. The first-order chi connectivity index (χ1) is 18.0. The van der Waals surface area contributed by atoms with Gasteiger partial charge in [-0.05, 0) is 53.6 Å². The Bertz CT molecular complexity index is 1410. The first-order valence-corrected chi connectivity index (χ1v) is 12.6. The molecular formula is C28H27FN4O3S. The fraction of sp³-hybridized carbons (Fsp3) is 0.214. The standard InChI is InChI=1S/C28H27FN4O3S/c1-35-20-6-3-18(4-7-20)15-33-16-22-21(11-12-30-27(22)32-17-33)25-9-10-26(37-25)28(34)31-14-19-5-8-23(29)24(13-19)36-2/h3-13H,14-17H2,1-2H3,(H,30,32)(H,31,34). The second kappa shape index (κ2) is 11.0. The van der Waals surface area contributed by atoms with Gasteiger partial charge in [0.05, 0.1) is 25.8 Å². The lowest BCUT2D eigenvalue weighted by atomic mass is 10.1. The van der Waals surface area contributed by atoms with Crippen molar-refractivity contribution >= 4 is 23.1 Å².